The highest BCUT2D eigenvalue weighted by Gasteiger charge is 2.22. The van der Waals surface area contributed by atoms with E-state index in [-0.39, 0.29) is 18.6 Å². The van der Waals surface area contributed by atoms with Gasteiger partial charge in [-0.25, -0.2) is 0 Å². The van der Waals surface area contributed by atoms with Crippen molar-refractivity contribution >= 4 is 5.91 Å². The van der Waals surface area contributed by atoms with Crippen LogP contribution < -0.4 is 0 Å². The number of carbonyl (C=O) groups is 1. The average molecular weight is 278 g/mol. The third-order valence-corrected chi connectivity index (χ3v) is 3.74. The Bertz CT molecular complexity index is 434. The summed E-state index contributed by atoms with van der Waals surface area (Å²) in [7, 11) is 1.83. The number of benzene rings is 1. The van der Waals surface area contributed by atoms with Gasteiger partial charge in [0.05, 0.1) is 12.6 Å². The van der Waals surface area contributed by atoms with Crippen molar-refractivity contribution in [1.82, 2.24) is 9.80 Å². The predicted molar refractivity (Wildman–Crippen MR) is 81.4 cm³/mol. The zero-order valence-corrected chi connectivity index (χ0v) is 13.0. The molecule has 112 valence electrons. The number of likely N-dealkylation sites (N-methyl/N-ethyl adjacent to an activating group) is 2. The second-order valence-electron chi connectivity index (χ2n) is 5.15. The molecule has 1 unspecified atom stereocenters. The molecule has 1 atom stereocenters. The van der Waals surface area contributed by atoms with Gasteiger partial charge in [-0.05, 0) is 31.5 Å². The summed E-state index contributed by atoms with van der Waals surface area (Å²) in [5, 5.41) is 9.04. The summed E-state index contributed by atoms with van der Waals surface area (Å²) in [5.74, 6) is 0.0866. The maximum absolute atomic E-state index is 12.4. The topological polar surface area (TPSA) is 43.8 Å². The van der Waals surface area contributed by atoms with Gasteiger partial charge in [0, 0.05) is 20.1 Å². The van der Waals surface area contributed by atoms with E-state index in [1.165, 1.54) is 11.1 Å². The molecule has 0 aliphatic heterocycles. The van der Waals surface area contributed by atoms with Crippen molar-refractivity contribution in [2.24, 2.45) is 0 Å². The lowest BCUT2D eigenvalue weighted by Crippen LogP contribution is -2.46. The van der Waals surface area contributed by atoms with Crippen LogP contribution in [-0.2, 0) is 11.3 Å². The number of aliphatic hydroxyl groups excluding tert-OH is 1. The molecule has 0 aliphatic carbocycles. The number of hydrogen-bond acceptors (Lipinski definition) is 3. The summed E-state index contributed by atoms with van der Waals surface area (Å²) >= 11 is 0. The molecule has 1 aromatic rings. The van der Waals surface area contributed by atoms with E-state index in [0.717, 1.165) is 6.54 Å². The molecule has 0 radical (unpaired) electrons. The van der Waals surface area contributed by atoms with Crippen molar-refractivity contribution in [3.63, 3.8) is 0 Å². The Hall–Kier alpha value is -1.39. The predicted octanol–water partition coefficient (Wildman–Crippen LogP) is 1.66. The Kier molecular flexibility index (Phi) is 6.68. The largest absolute Gasteiger partial charge is 0.395 e. The molecule has 0 saturated carbocycles. The molecule has 0 spiro atoms. The van der Waals surface area contributed by atoms with Gasteiger partial charge in [-0.1, -0.05) is 31.2 Å². The highest BCUT2D eigenvalue weighted by molar-refractivity contribution is 5.81. The van der Waals surface area contributed by atoms with Gasteiger partial charge in [0.2, 0.25) is 5.91 Å². The quantitative estimate of drug-likeness (QED) is 0.825. The molecule has 4 heteroatoms. The first-order valence-electron chi connectivity index (χ1n) is 7.15. The molecular formula is C16H26N2O2. The van der Waals surface area contributed by atoms with Crippen LogP contribution in [0.4, 0.5) is 0 Å². The Morgan fingerprint density at radius 2 is 2.00 bits per heavy atom. The fourth-order valence-electron chi connectivity index (χ4n) is 2.35. The first kappa shape index (κ1) is 16.7. The fourth-order valence-corrected chi connectivity index (χ4v) is 2.35. The molecule has 1 amide bonds. The number of aryl methyl sites for hydroxylation is 1. The van der Waals surface area contributed by atoms with Gasteiger partial charge < -0.3 is 10.0 Å². The lowest BCUT2D eigenvalue weighted by atomic mass is 10.1. The summed E-state index contributed by atoms with van der Waals surface area (Å²) in [4.78, 5) is 16.2. The summed E-state index contributed by atoms with van der Waals surface area (Å²) in [6, 6.07) is 7.90. The van der Waals surface area contributed by atoms with Crippen molar-refractivity contribution in [2.45, 2.75) is 33.4 Å². The number of carbonyl (C=O) groups excluding carboxylic acids is 1. The monoisotopic (exact) mass is 278 g/mol. The van der Waals surface area contributed by atoms with E-state index in [1.807, 2.05) is 37.9 Å². The second-order valence-corrected chi connectivity index (χ2v) is 5.15. The van der Waals surface area contributed by atoms with E-state index < -0.39 is 0 Å². The van der Waals surface area contributed by atoms with Crippen molar-refractivity contribution in [2.75, 3.05) is 26.7 Å². The highest BCUT2D eigenvalue weighted by atomic mass is 16.3. The van der Waals surface area contributed by atoms with E-state index >= 15 is 0 Å². The molecule has 0 bridgehead atoms. The molecular weight excluding hydrogens is 252 g/mol. The molecule has 0 fully saturated rings. The van der Waals surface area contributed by atoms with E-state index in [2.05, 4.69) is 19.1 Å². The Morgan fingerprint density at radius 1 is 1.35 bits per heavy atom. The van der Waals surface area contributed by atoms with Crippen LogP contribution in [0.1, 0.15) is 25.0 Å². The molecule has 4 nitrogen and oxygen atoms in total. The summed E-state index contributed by atoms with van der Waals surface area (Å²) in [5.41, 5.74) is 2.36. The Morgan fingerprint density at radius 3 is 2.55 bits per heavy atom. The van der Waals surface area contributed by atoms with Crippen molar-refractivity contribution in [1.29, 1.82) is 0 Å². The van der Waals surface area contributed by atoms with E-state index in [9.17, 15) is 4.79 Å². The lowest BCUT2D eigenvalue weighted by Gasteiger charge is -2.30. The van der Waals surface area contributed by atoms with Crippen molar-refractivity contribution in [3.8, 4) is 0 Å². The van der Waals surface area contributed by atoms with Gasteiger partial charge in [0.1, 0.15) is 0 Å². The van der Waals surface area contributed by atoms with Crippen LogP contribution in [0.5, 0.6) is 0 Å². The number of nitrogens with zero attached hydrogens (tertiary/aromatic N) is 2. The first-order valence-corrected chi connectivity index (χ1v) is 7.15. The number of amides is 1. The number of rotatable bonds is 7. The minimum Gasteiger partial charge on any atom is -0.395 e. The van der Waals surface area contributed by atoms with E-state index in [4.69, 9.17) is 5.11 Å². The standard InChI is InChI=1S/C16H26N2O2/c1-5-18(10-11-19)14(3)16(20)17(4)12-15-9-7-6-8-13(15)2/h6-9,14,19H,5,10-12H2,1-4H3. The minimum atomic E-state index is -0.207. The first-order chi connectivity index (χ1) is 9.51. The maximum Gasteiger partial charge on any atom is 0.239 e. The summed E-state index contributed by atoms with van der Waals surface area (Å²) in [6.45, 7) is 7.94. The van der Waals surface area contributed by atoms with Gasteiger partial charge in [-0.15, -0.1) is 0 Å². The van der Waals surface area contributed by atoms with Crippen LogP contribution in [-0.4, -0.2) is 53.6 Å². The highest BCUT2D eigenvalue weighted by Crippen LogP contribution is 2.11. The van der Waals surface area contributed by atoms with Crippen LogP contribution in [0.15, 0.2) is 24.3 Å². The third kappa shape index (κ3) is 4.32. The zero-order valence-electron chi connectivity index (χ0n) is 13.0. The smallest absolute Gasteiger partial charge is 0.239 e. The minimum absolute atomic E-state index is 0.0764. The molecule has 1 aromatic carbocycles. The summed E-state index contributed by atoms with van der Waals surface area (Å²) < 4.78 is 0. The molecule has 0 aromatic heterocycles. The third-order valence-electron chi connectivity index (χ3n) is 3.74. The van der Waals surface area contributed by atoms with Crippen LogP contribution in [0, 0.1) is 6.92 Å². The van der Waals surface area contributed by atoms with Gasteiger partial charge in [-0.2, -0.15) is 0 Å². The van der Waals surface area contributed by atoms with Gasteiger partial charge >= 0.3 is 0 Å². The number of aliphatic hydroxyl groups is 1. The van der Waals surface area contributed by atoms with Gasteiger partial charge in [-0.3, -0.25) is 9.69 Å². The van der Waals surface area contributed by atoms with Crippen LogP contribution in [0.25, 0.3) is 0 Å². The zero-order chi connectivity index (χ0) is 15.1. The molecule has 0 aliphatic rings. The molecule has 1 rings (SSSR count). The van der Waals surface area contributed by atoms with Gasteiger partial charge in [0.25, 0.3) is 0 Å². The van der Waals surface area contributed by atoms with Crippen LogP contribution in [0.2, 0.25) is 0 Å². The number of hydrogen-bond donors (Lipinski definition) is 1. The van der Waals surface area contributed by atoms with E-state index in [0.29, 0.717) is 13.1 Å². The Balaban J connectivity index is 2.69. The van der Waals surface area contributed by atoms with Crippen molar-refractivity contribution in [3.05, 3.63) is 35.4 Å². The van der Waals surface area contributed by atoms with Crippen LogP contribution in [0.3, 0.4) is 0 Å². The molecule has 0 saturated heterocycles. The Labute approximate surface area is 122 Å². The van der Waals surface area contributed by atoms with Gasteiger partial charge in [0.15, 0.2) is 0 Å². The SMILES string of the molecule is CCN(CCO)C(C)C(=O)N(C)Cc1ccccc1C. The normalized spacial score (nSPS) is 12.5. The van der Waals surface area contributed by atoms with Crippen LogP contribution >= 0.6 is 0 Å². The van der Waals surface area contributed by atoms with Crippen molar-refractivity contribution < 1.29 is 9.90 Å². The van der Waals surface area contributed by atoms with E-state index in [1.54, 1.807) is 4.90 Å². The second kappa shape index (κ2) is 8.02. The molecule has 1 N–H and O–H groups in total. The summed E-state index contributed by atoms with van der Waals surface area (Å²) in [6.07, 6.45) is 0. The lowest BCUT2D eigenvalue weighted by molar-refractivity contribution is -0.135. The fraction of sp³-hybridized carbons (Fsp3) is 0.562. The molecule has 20 heavy (non-hydrogen) atoms. The maximum atomic E-state index is 12.4. The molecule has 0 heterocycles. The average Bonchev–Trinajstić information content (AvgIpc) is 2.45.